The summed E-state index contributed by atoms with van der Waals surface area (Å²) >= 11 is 0. The van der Waals surface area contributed by atoms with Gasteiger partial charge in [0, 0.05) is 36.4 Å². The molecular formula is C31H30F2N2O3. The standard InChI is InChI=1S/C31H30F2N2O3/c1-18(31(36)37)25-10-7-21-16-24(9-12-26(21)25)38-14-13-29-19(2)34-30(35(29)3)22-6-4-5-20(15-22)27-11-8-23(32)17-28(27)33/h4-6,8-9,11-12,15-18,25H,7,10,13-14H2,1-3H3,(H,36,37)/t18-,25-/m0/s1. The number of imidazole rings is 1. The maximum absolute atomic E-state index is 14.4. The first-order chi connectivity index (χ1) is 18.2. The summed E-state index contributed by atoms with van der Waals surface area (Å²) in [6.07, 6.45) is 2.36. The van der Waals surface area contributed by atoms with Gasteiger partial charge < -0.3 is 14.4 Å². The lowest BCUT2D eigenvalue weighted by Crippen LogP contribution is -2.17. The van der Waals surface area contributed by atoms with Crippen molar-refractivity contribution in [1.82, 2.24) is 9.55 Å². The molecule has 0 fully saturated rings. The molecule has 0 saturated heterocycles. The molecule has 1 aliphatic rings. The van der Waals surface area contributed by atoms with E-state index in [1.165, 1.54) is 12.1 Å². The lowest BCUT2D eigenvalue weighted by molar-refractivity contribution is -0.141. The summed E-state index contributed by atoms with van der Waals surface area (Å²) in [6, 6.07) is 17.0. The summed E-state index contributed by atoms with van der Waals surface area (Å²) in [4.78, 5) is 16.2. The van der Waals surface area contributed by atoms with Crippen LogP contribution < -0.4 is 4.74 Å². The second-order valence-corrected chi connectivity index (χ2v) is 9.96. The van der Waals surface area contributed by atoms with E-state index in [2.05, 4.69) is 0 Å². The Balaban J connectivity index is 1.29. The van der Waals surface area contributed by atoms with Gasteiger partial charge in [0.25, 0.3) is 0 Å². The van der Waals surface area contributed by atoms with Crippen LogP contribution in [0.4, 0.5) is 8.78 Å². The molecule has 7 heteroatoms. The molecular weight excluding hydrogens is 486 g/mol. The van der Waals surface area contributed by atoms with Crippen molar-refractivity contribution in [2.45, 2.75) is 39.0 Å². The third-order valence-corrected chi connectivity index (χ3v) is 7.62. The zero-order chi connectivity index (χ0) is 27.0. The average Bonchev–Trinajstić information content (AvgIpc) is 3.44. The fraction of sp³-hybridized carbons (Fsp3) is 0.290. The molecule has 2 atom stereocenters. The van der Waals surface area contributed by atoms with Gasteiger partial charge in [-0.05, 0) is 72.7 Å². The molecule has 0 aliphatic heterocycles. The topological polar surface area (TPSA) is 64.4 Å². The molecule has 5 nitrogen and oxygen atoms in total. The first-order valence-electron chi connectivity index (χ1n) is 12.8. The van der Waals surface area contributed by atoms with Crippen molar-refractivity contribution in [2.24, 2.45) is 13.0 Å². The summed E-state index contributed by atoms with van der Waals surface area (Å²) in [5.74, 6) is -0.784. The number of carboxylic acids is 1. The van der Waals surface area contributed by atoms with Crippen LogP contribution in [0.1, 0.15) is 41.8 Å². The van der Waals surface area contributed by atoms with E-state index < -0.39 is 23.5 Å². The number of nitrogens with zero attached hydrogens (tertiary/aromatic N) is 2. The number of hydrogen-bond donors (Lipinski definition) is 1. The molecule has 5 rings (SSSR count). The lowest BCUT2D eigenvalue weighted by atomic mass is 9.89. The number of carbonyl (C=O) groups is 1. The Hall–Kier alpha value is -4.00. The number of benzene rings is 3. The normalized spacial score (nSPS) is 15.3. The largest absolute Gasteiger partial charge is 0.493 e. The highest BCUT2D eigenvalue weighted by Gasteiger charge is 2.31. The van der Waals surface area contributed by atoms with Crippen LogP contribution in [0, 0.1) is 24.5 Å². The molecule has 0 bridgehead atoms. The first kappa shape index (κ1) is 25.6. The number of carboxylic acid groups (broad SMARTS) is 1. The van der Waals surface area contributed by atoms with Gasteiger partial charge in [0.15, 0.2) is 0 Å². The van der Waals surface area contributed by atoms with Crippen molar-refractivity contribution in [2.75, 3.05) is 6.61 Å². The summed E-state index contributed by atoms with van der Waals surface area (Å²) in [6.45, 7) is 4.20. The van der Waals surface area contributed by atoms with E-state index in [9.17, 15) is 18.7 Å². The molecule has 0 saturated carbocycles. The van der Waals surface area contributed by atoms with Crippen LogP contribution in [0.5, 0.6) is 5.75 Å². The average molecular weight is 517 g/mol. The molecule has 38 heavy (non-hydrogen) atoms. The minimum Gasteiger partial charge on any atom is -0.493 e. The summed E-state index contributed by atoms with van der Waals surface area (Å²) in [5.41, 5.74) is 6.04. The van der Waals surface area contributed by atoms with Crippen molar-refractivity contribution in [1.29, 1.82) is 0 Å². The maximum atomic E-state index is 14.4. The molecule has 0 spiro atoms. The number of ether oxygens (including phenoxy) is 1. The van der Waals surface area contributed by atoms with E-state index in [1.54, 1.807) is 13.0 Å². The quantitative estimate of drug-likeness (QED) is 0.283. The molecule has 3 aromatic carbocycles. The molecule has 1 N–H and O–H groups in total. The van der Waals surface area contributed by atoms with Crippen LogP contribution in [0.15, 0.2) is 60.7 Å². The second-order valence-electron chi connectivity index (χ2n) is 9.96. The third kappa shape index (κ3) is 4.93. The fourth-order valence-corrected chi connectivity index (χ4v) is 5.50. The first-order valence-corrected chi connectivity index (χ1v) is 12.8. The number of rotatable bonds is 8. The van der Waals surface area contributed by atoms with Crippen LogP contribution in [0.3, 0.4) is 0 Å². The minimum absolute atomic E-state index is 0.0464. The third-order valence-electron chi connectivity index (χ3n) is 7.62. The van der Waals surface area contributed by atoms with Crippen molar-refractivity contribution in [3.8, 4) is 28.3 Å². The minimum atomic E-state index is -0.761. The van der Waals surface area contributed by atoms with Crippen LogP contribution in [0.2, 0.25) is 0 Å². The van der Waals surface area contributed by atoms with Gasteiger partial charge in [0.2, 0.25) is 0 Å². The summed E-state index contributed by atoms with van der Waals surface area (Å²) in [5, 5.41) is 9.39. The Morgan fingerprint density at radius 1 is 1.13 bits per heavy atom. The van der Waals surface area contributed by atoms with Gasteiger partial charge in [-0.3, -0.25) is 4.79 Å². The van der Waals surface area contributed by atoms with Crippen LogP contribution in [-0.2, 0) is 24.7 Å². The Labute approximate surface area is 220 Å². The zero-order valence-corrected chi connectivity index (χ0v) is 21.7. The van der Waals surface area contributed by atoms with Crippen molar-refractivity contribution in [3.63, 3.8) is 0 Å². The van der Waals surface area contributed by atoms with E-state index in [0.717, 1.165) is 58.6 Å². The van der Waals surface area contributed by atoms with Gasteiger partial charge >= 0.3 is 5.97 Å². The van der Waals surface area contributed by atoms with Crippen LogP contribution in [0.25, 0.3) is 22.5 Å². The molecule has 0 radical (unpaired) electrons. The highest BCUT2D eigenvalue weighted by Crippen LogP contribution is 2.40. The molecule has 4 aromatic rings. The van der Waals surface area contributed by atoms with Gasteiger partial charge in [0.1, 0.15) is 23.2 Å². The highest BCUT2D eigenvalue weighted by atomic mass is 19.1. The molecule has 0 unspecified atom stereocenters. The summed E-state index contributed by atoms with van der Waals surface area (Å²) < 4.78 is 35.8. The molecule has 1 aromatic heterocycles. The van der Waals surface area contributed by atoms with E-state index >= 15 is 0 Å². The molecule has 1 aliphatic carbocycles. The Bertz CT molecular complexity index is 1510. The van der Waals surface area contributed by atoms with Crippen LogP contribution >= 0.6 is 0 Å². The van der Waals surface area contributed by atoms with Gasteiger partial charge in [0.05, 0.1) is 18.2 Å². The van der Waals surface area contributed by atoms with Crippen molar-refractivity contribution >= 4 is 5.97 Å². The Morgan fingerprint density at radius 3 is 2.68 bits per heavy atom. The van der Waals surface area contributed by atoms with E-state index in [0.29, 0.717) is 24.2 Å². The van der Waals surface area contributed by atoms with Crippen LogP contribution in [-0.4, -0.2) is 27.2 Å². The molecule has 196 valence electrons. The van der Waals surface area contributed by atoms with Gasteiger partial charge in [-0.25, -0.2) is 13.8 Å². The molecule has 0 amide bonds. The Morgan fingerprint density at radius 2 is 1.92 bits per heavy atom. The Kier molecular flexibility index (Phi) is 7.02. The second kappa shape index (κ2) is 10.4. The monoisotopic (exact) mass is 516 g/mol. The number of fused-ring (bicyclic) bond motifs is 1. The summed E-state index contributed by atoms with van der Waals surface area (Å²) in [7, 11) is 1.95. The van der Waals surface area contributed by atoms with E-state index in [-0.39, 0.29) is 5.92 Å². The number of aromatic nitrogens is 2. The predicted octanol–water partition coefficient (Wildman–Crippen LogP) is 6.71. The number of aliphatic carboxylic acids is 1. The number of aryl methyl sites for hydroxylation is 2. The number of halogens is 2. The molecule has 1 heterocycles. The lowest BCUT2D eigenvalue weighted by Gasteiger charge is -2.16. The fourth-order valence-electron chi connectivity index (χ4n) is 5.50. The van der Waals surface area contributed by atoms with Crippen molar-refractivity contribution in [3.05, 3.63) is 94.8 Å². The highest BCUT2D eigenvalue weighted by molar-refractivity contribution is 5.72. The maximum Gasteiger partial charge on any atom is 0.306 e. The van der Waals surface area contributed by atoms with Gasteiger partial charge in [-0.2, -0.15) is 0 Å². The van der Waals surface area contributed by atoms with Crippen molar-refractivity contribution < 1.29 is 23.4 Å². The predicted molar refractivity (Wildman–Crippen MR) is 142 cm³/mol. The SMILES string of the molecule is Cc1nc(-c2cccc(-c3ccc(F)cc3F)c2)n(C)c1CCOc1ccc2c(c1)CC[C@H]2[C@H](C)C(=O)O. The van der Waals surface area contributed by atoms with E-state index in [4.69, 9.17) is 9.72 Å². The number of hydrogen-bond acceptors (Lipinski definition) is 3. The smallest absolute Gasteiger partial charge is 0.306 e. The van der Waals surface area contributed by atoms with Gasteiger partial charge in [-0.15, -0.1) is 0 Å². The van der Waals surface area contributed by atoms with Gasteiger partial charge in [-0.1, -0.05) is 31.2 Å². The zero-order valence-electron chi connectivity index (χ0n) is 21.7. The van der Waals surface area contributed by atoms with E-state index in [1.807, 2.05) is 54.9 Å².